The monoisotopic (exact) mass is 274 g/mol. The van der Waals surface area contributed by atoms with Gasteiger partial charge in [-0.2, -0.15) is 0 Å². The number of nitrogens with one attached hydrogen (secondary N) is 1. The van der Waals surface area contributed by atoms with E-state index in [0.717, 1.165) is 24.9 Å². The molecule has 1 aliphatic rings. The lowest BCUT2D eigenvalue weighted by atomic mass is 9.87. The molecule has 0 unspecified atom stereocenters. The Morgan fingerprint density at radius 2 is 1.90 bits per heavy atom. The molecule has 1 saturated carbocycles. The first kappa shape index (κ1) is 15.0. The van der Waals surface area contributed by atoms with Crippen LogP contribution in [0, 0.1) is 11.8 Å². The summed E-state index contributed by atoms with van der Waals surface area (Å²) in [4.78, 5) is 12.3. The van der Waals surface area contributed by atoms with Crippen molar-refractivity contribution in [3.8, 4) is 0 Å². The molecule has 20 heavy (non-hydrogen) atoms. The largest absolute Gasteiger partial charge is 0.330 e. The van der Waals surface area contributed by atoms with Crippen LogP contribution in [0.4, 0.5) is 5.69 Å². The van der Waals surface area contributed by atoms with Gasteiger partial charge in [0.05, 0.1) is 0 Å². The van der Waals surface area contributed by atoms with Crippen molar-refractivity contribution in [2.45, 2.75) is 45.4 Å². The molecule has 0 aliphatic heterocycles. The molecule has 1 amide bonds. The van der Waals surface area contributed by atoms with Gasteiger partial charge in [0.2, 0.25) is 5.91 Å². The van der Waals surface area contributed by atoms with Crippen molar-refractivity contribution in [3.63, 3.8) is 0 Å². The van der Waals surface area contributed by atoms with Gasteiger partial charge in [0.1, 0.15) is 0 Å². The molecule has 2 rings (SSSR count). The van der Waals surface area contributed by atoms with E-state index in [0.29, 0.717) is 12.5 Å². The van der Waals surface area contributed by atoms with Crippen molar-refractivity contribution in [2.75, 3.05) is 11.9 Å². The van der Waals surface area contributed by atoms with Crippen molar-refractivity contribution in [3.05, 3.63) is 29.8 Å². The maximum atomic E-state index is 12.3. The molecule has 1 aliphatic carbocycles. The minimum absolute atomic E-state index is 0.0855. The molecule has 1 aromatic carbocycles. The van der Waals surface area contributed by atoms with Gasteiger partial charge in [0.15, 0.2) is 0 Å². The van der Waals surface area contributed by atoms with E-state index in [4.69, 9.17) is 5.73 Å². The Morgan fingerprint density at radius 3 is 2.45 bits per heavy atom. The van der Waals surface area contributed by atoms with E-state index in [1.807, 2.05) is 12.1 Å². The van der Waals surface area contributed by atoms with E-state index < -0.39 is 0 Å². The van der Waals surface area contributed by atoms with E-state index in [-0.39, 0.29) is 17.2 Å². The van der Waals surface area contributed by atoms with Crippen LogP contribution in [0.15, 0.2) is 24.3 Å². The van der Waals surface area contributed by atoms with Crippen LogP contribution in [-0.2, 0) is 10.2 Å². The van der Waals surface area contributed by atoms with E-state index in [2.05, 4.69) is 38.2 Å². The fraction of sp³-hybridized carbons (Fsp3) is 0.588. The first-order valence-electron chi connectivity index (χ1n) is 7.53. The highest BCUT2D eigenvalue weighted by Gasteiger charge is 2.31. The fourth-order valence-electron chi connectivity index (χ4n) is 2.95. The van der Waals surface area contributed by atoms with Gasteiger partial charge < -0.3 is 11.1 Å². The summed E-state index contributed by atoms with van der Waals surface area (Å²) in [5.41, 5.74) is 8.04. The Hall–Kier alpha value is -1.35. The summed E-state index contributed by atoms with van der Waals surface area (Å²) in [7, 11) is 0. The fourth-order valence-corrected chi connectivity index (χ4v) is 2.95. The molecule has 0 saturated heterocycles. The molecule has 110 valence electrons. The van der Waals surface area contributed by atoms with Crippen molar-refractivity contribution in [1.29, 1.82) is 0 Å². The highest BCUT2D eigenvalue weighted by atomic mass is 16.1. The van der Waals surface area contributed by atoms with Crippen LogP contribution in [-0.4, -0.2) is 12.5 Å². The van der Waals surface area contributed by atoms with Crippen molar-refractivity contribution in [2.24, 2.45) is 17.6 Å². The lowest BCUT2D eigenvalue weighted by molar-refractivity contribution is -0.120. The van der Waals surface area contributed by atoms with E-state index in [1.165, 1.54) is 5.56 Å². The third kappa shape index (κ3) is 3.40. The summed E-state index contributed by atoms with van der Waals surface area (Å²) in [6.07, 6.45) is 3.16. The normalized spacial score (nSPS) is 22.8. The summed E-state index contributed by atoms with van der Waals surface area (Å²) in [6.45, 7) is 7.17. The van der Waals surface area contributed by atoms with Gasteiger partial charge in [-0.1, -0.05) is 39.3 Å². The second-order valence-corrected chi connectivity index (χ2v) is 6.85. The van der Waals surface area contributed by atoms with Crippen LogP contribution in [0.5, 0.6) is 0 Å². The third-order valence-corrected chi connectivity index (χ3v) is 4.32. The standard InChI is InChI=1S/C17H26N2O/c1-17(2,3)13-7-9-14(10-8-13)19-16(20)15-6-4-5-12(15)11-18/h7-10,12,15H,4-6,11,18H2,1-3H3,(H,19,20)/t12-,15-/m1/s1. The van der Waals surface area contributed by atoms with Crippen molar-refractivity contribution in [1.82, 2.24) is 0 Å². The lowest BCUT2D eigenvalue weighted by Gasteiger charge is -2.20. The number of nitrogens with two attached hydrogens (primary N) is 1. The minimum atomic E-state index is 0.0855. The van der Waals surface area contributed by atoms with Gasteiger partial charge >= 0.3 is 0 Å². The van der Waals surface area contributed by atoms with Crippen LogP contribution in [0.25, 0.3) is 0 Å². The number of carbonyl (C=O) groups is 1. The van der Waals surface area contributed by atoms with Gasteiger partial charge in [0, 0.05) is 11.6 Å². The predicted molar refractivity (Wildman–Crippen MR) is 83.7 cm³/mol. The number of carbonyl (C=O) groups excluding carboxylic acids is 1. The summed E-state index contributed by atoms with van der Waals surface area (Å²) < 4.78 is 0. The highest BCUT2D eigenvalue weighted by Crippen LogP contribution is 2.32. The topological polar surface area (TPSA) is 55.1 Å². The first-order chi connectivity index (χ1) is 9.41. The Kier molecular flexibility index (Phi) is 4.48. The molecule has 0 heterocycles. The minimum Gasteiger partial charge on any atom is -0.330 e. The van der Waals surface area contributed by atoms with E-state index in [1.54, 1.807) is 0 Å². The molecule has 3 N–H and O–H groups in total. The Labute approximate surface area is 121 Å². The molecule has 0 spiro atoms. The average molecular weight is 274 g/mol. The van der Waals surface area contributed by atoms with E-state index >= 15 is 0 Å². The van der Waals surface area contributed by atoms with Gasteiger partial charge in [-0.05, 0) is 48.4 Å². The SMILES string of the molecule is CC(C)(C)c1ccc(NC(=O)[C@@H]2CCC[C@@H]2CN)cc1. The molecule has 0 bridgehead atoms. The van der Waals surface area contributed by atoms with Crippen LogP contribution >= 0.6 is 0 Å². The van der Waals surface area contributed by atoms with Gasteiger partial charge in [-0.25, -0.2) is 0 Å². The molecule has 3 nitrogen and oxygen atoms in total. The summed E-state index contributed by atoms with van der Waals surface area (Å²) in [5, 5.41) is 3.03. The maximum Gasteiger partial charge on any atom is 0.227 e. The Bertz CT molecular complexity index is 459. The molecule has 1 aromatic rings. The second-order valence-electron chi connectivity index (χ2n) is 6.85. The quantitative estimate of drug-likeness (QED) is 0.888. The average Bonchev–Trinajstić information content (AvgIpc) is 2.86. The van der Waals surface area contributed by atoms with Crippen LogP contribution in [0.3, 0.4) is 0 Å². The summed E-state index contributed by atoms with van der Waals surface area (Å²) in [5.74, 6) is 0.563. The van der Waals surface area contributed by atoms with Gasteiger partial charge in [-0.15, -0.1) is 0 Å². The number of hydrogen-bond donors (Lipinski definition) is 2. The third-order valence-electron chi connectivity index (χ3n) is 4.32. The zero-order valence-electron chi connectivity index (χ0n) is 12.8. The molecule has 3 heteroatoms. The van der Waals surface area contributed by atoms with Crippen LogP contribution < -0.4 is 11.1 Å². The van der Waals surface area contributed by atoms with Crippen molar-refractivity contribution < 1.29 is 4.79 Å². The Morgan fingerprint density at radius 1 is 1.25 bits per heavy atom. The van der Waals surface area contributed by atoms with Gasteiger partial charge in [0.25, 0.3) is 0 Å². The smallest absolute Gasteiger partial charge is 0.227 e. The molecule has 0 aromatic heterocycles. The molecular formula is C17H26N2O. The molecule has 2 atom stereocenters. The molecular weight excluding hydrogens is 248 g/mol. The first-order valence-corrected chi connectivity index (χ1v) is 7.53. The zero-order valence-corrected chi connectivity index (χ0v) is 12.8. The van der Waals surface area contributed by atoms with Crippen LogP contribution in [0.2, 0.25) is 0 Å². The number of benzene rings is 1. The van der Waals surface area contributed by atoms with Gasteiger partial charge in [-0.3, -0.25) is 4.79 Å². The summed E-state index contributed by atoms with van der Waals surface area (Å²) >= 11 is 0. The predicted octanol–water partition coefficient (Wildman–Crippen LogP) is 3.30. The summed E-state index contributed by atoms with van der Waals surface area (Å²) in [6, 6.07) is 8.16. The zero-order chi connectivity index (χ0) is 14.8. The number of anilines is 1. The van der Waals surface area contributed by atoms with E-state index in [9.17, 15) is 4.79 Å². The number of hydrogen-bond acceptors (Lipinski definition) is 2. The molecule has 1 fully saturated rings. The molecule has 0 radical (unpaired) electrons. The van der Waals surface area contributed by atoms with Crippen LogP contribution in [0.1, 0.15) is 45.6 Å². The number of rotatable bonds is 3. The highest BCUT2D eigenvalue weighted by molar-refractivity contribution is 5.92. The lowest BCUT2D eigenvalue weighted by Crippen LogP contribution is -2.29. The Balaban J connectivity index is 2.01. The second kappa shape index (κ2) is 5.96. The van der Waals surface area contributed by atoms with Crippen molar-refractivity contribution >= 4 is 11.6 Å². The number of amides is 1. The maximum absolute atomic E-state index is 12.3.